The van der Waals surface area contributed by atoms with Crippen molar-refractivity contribution in [1.82, 2.24) is 9.47 Å². The number of benzene rings is 2. The lowest BCUT2D eigenvalue weighted by atomic mass is 10.1. The second-order valence-electron chi connectivity index (χ2n) is 8.75. The van der Waals surface area contributed by atoms with Crippen LogP contribution in [-0.4, -0.2) is 37.9 Å². The largest absolute Gasteiger partial charge is 0.443 e. The maximum absolute atomic E-state index is 12.9. The Bertz CT molecular complexity index is 1300. The fraction of sp³-hybridized carbons (Fsp3) is 0.250. The average Bonchev–Trinajstić information content (AvgIpc) is 3.23. The van der Waals surface area contributed by atoms with Gasteiger partial charge in [-0.25, -0.2) is 9.36 Å². The summed E-state index contributed by atoms with van der Waals surface area (Å²) in [5.74, 6) is -0.911. The van der Waals surface area contributed by atoms with Crippen molar-refractivity contribution >= 4 is 34.5 Å². The number of imide groups is 1. The smallest absolute Gasteiger partial charge is 0.419 e. The number of nitro benzene ring substituents is 1. The molecule has 0 N–H and O–H groups in total. The van der Waals surface area contributed by atoms with E-state index < -0.39 is 28.4 Å². The van der Waals surface area contributed by atoms with Crippen LogP contribution in [-0.2, 0) is 17.7 Å². The number of nitro groups is 1. The zero-order valence-corrected chi connectivity index (χ0v) is 18.5. The lowest BCUT2D eigenvalue weighted by Crippen LogP contribution is -2.29. The summed E-state index contributed by atoms with van der Waals surface area (Å²) in [6.07, 6.45) is -0.550. The molecular weight excluding hydrogens is 426 g/mol. The Hall–Kier alpha value is -4.01. The van der Waals surface area contributed by atoms with Gasteiger partial charge in [0.2, 0.25) is 0 Å². The van der Waals surface area contributed by atoms with Gasteiger partial charge in [0.15, 0.2) is 0 Å². The Kier molecular flexibility index (Phi) is 5.27. The molecule has 0 atom stereocenters. The van der Waals surface area contributed by atoms with Gasteiger partial charge in [0.1, 0.15) is 11.1 Å². The van der Waals surface area contributed by atoms with E-state index in [1.54, 1.807) is 57.2 Å². The molecule has 1 aliphatic rings. The van der Waals surface area contributed by atoms with E-state index >= 15 is 0 Å². The highest BCUT2D eigenvalue weighted by Gasteiger charge is 2.36. The van der Waals surface area contributed by atoms with Gasteiger partial charge in [-0.15, -0.1) is 0 Å². The third kappa shape index (κ3) is 3.86. The molecule has 0 spiro atoms. The van der Waals surface area contributed by atoms with Crippen molar-refractivity contribution in [3.8, 4) is 0 Å². The zero-order chi connectivity index (χ0) is 24.1. The molecule has 33 heavy (non-hydrogen) atoms. The predicted octanol–water partition coefficient (Wildman–Crippen LogP) is 4.51. The van der Waals surface area contributed by atoms with Crippen molar-refractivity contribution in [3.63, 3.8) is 0 Å². The first-order chi connectivity index (χ1) is 15.5. The van der Waals surface area contributed by atoms with E-state index in [0.29, 0.717) is 27.8 Å². The number of rotatable bonds is 4. The molecule has 0 saturated heterocycles. The van der Waals surface area contributed by atoms with Gasteiger partial charge in [-0.2, -0.15) is 0 Å². The topological polar surface area (TPSA) is 112 Å². The zero-order valence-electron chi connectivity index (χ0n) is 18.5. The standard InChI is InChI=1S/C24H22N3O6/c1-5-16-12-15-10-14(13-25-21(28)17-8-6-7-9-18(17)22(25)29)11-19(27(31)32)20(15)26(16)23(30)33-24(2,3)4/h6-12H,1,5,13H2,2-4H3. The minimum absolute atomic E-state index is 0.0824. The molecule has 3 aromatic rings. The number of aromatic nitrogens is 1. The van der Waals surface area contributed by atoms with E-state index in [-0.39, 0.29) is 24.2 Å². The molecule has 9 heteroatoms. The molecule has 0 aliphatic carbocycles. The van der Waals surface area contributed by atoms with Gasteiger partial charge in [0.05, 0.1) is 22.6 Å². The van der Waals surface area contributed by atoms with Crippen molar-refractivity contribution in [2.45, 2.75) is 39.3 Å². The summed E-state index contributed by atoms with van der Waals surface area (Å²) in [6.45, 7) is 8.79. The summed E-state index contributed by atoms with van der Waals surface area (Å²) in [5.41, 5.74) is 0.387. The summed E-state index contributed by atoms with van der Waals surface area (Å²) < 4.78 is 6.61. The summed E-state index contributed by atoms with van der Waals surface area (Å²) >= 11 is 0. The van der Waals surface area contributed by atoms with Crippen LogP contribution in [0.2, 0.25) is 0 Å². The lowest BCUT2D eigenvalue weighted by molar-refractivity contribution is -0.383. The van der Waals surface area contributed by atoms with Gasteiger partial charge in [-0.05, 0) is 63.9 Å². The number of fused-ring (bicyclic) bond motifs is 2. The minimum Gasteiger partial charge on any atom is -0.443 e. The molecule has 2 amide bonds. The summed E-state index contributed by atoms with van der Waals surface area (Å²) in [7, 11) is 0. The van der Waals surface area contributed by atoms with Crippen molar-refractivity contribution in [2.24, 2.45) is 0 Å². The fourth-order valence-corrected chi connectivity index (χ4v) is 3.94. The normalized spacial score (nSPS) is 13.5. The van der Waals surface area contributed by atoms with Crippen molar-refractivity contribution < 1.29 is 24.0 Å². The van der Waals surface area contributed by atoms with Crippen LogP contribution in [0.1, 0.15) is 52.7 Å². The number of non-ortho nitro benzene ring substituents is 1. The third-order valence-electron chi connectivity index (χ3n) is 5.26. The second-order valence-corrected chi connectivity index (χ2v) is 8.75. The molecule has 4 rings (SSSR count). The number of hydrogen-bond acceptors (Lipinski definition) is 6. The Morgan fingerprint density at radius 1 is 1.09 bits per heavy atom. The van der Waals surface area contributed by atoms with Crippen LogP contribution in [0, 0.1) is 17.0 Å². The highest BCUT2D eigenvalue weighted by atomic mass is 16.6. The number of amides is 2. The number of hydrogen-bond donors (Lipinski definition) is 0. The van der Waals surface area contributed by atoms with E-state index in [1.807, 2.05) is 0 Å². The van der Waals surface area contributed by atoms with Gasteiger partial charge < -0.3 is 4.74 Å². The van der Waals surface area contributed by atoms with Gasteiger partial charge in [0.25, 0.3) is 17.5 Å². The summed E-state index contributed by atoms with van der Waals surface area (Å²) in [5, 5.41) is 12.4. The Morgan fingerprint density at radius 2 is 1.70 bits per heavy atom. The summed E-state index contributed by atoms with van der Waals surface area (Å²) in [6, 6.07) is 11.0. The Balaban J connectivity index is 1.80. The number of carbonyl (C=O) groups is 3. The summed E-state index contributed by atoms with van der Waals surface area (Å²) in [4.78, 5) is 50.7. The van der Waals surface area contributed by atoms with Gasteiger partial charge in [0, 0.05) is 17.1 Å². The predicted molar refractivity (Wildman–Crippen MR) is 120 cm³/mol. The van der Waals surface area contributed by atoms with Crippen LogP contribution in [0.4, 0.5) is 10.5 Å². The third-order valence-corrected chi connectivity index (χ3v) is 5.26. The van der Waals surface area contributed by atoms with Crippen LogP contribution >= 0.6 is 0 Å². The van der Waals surface area contributed by atoms with Crippen LogP contribution in [0.25, 0.3) is 10.9 Å². The van der Waals surface area contributed by atoms with Crippen LogP contribution in [0.15, 0.2) is 42.5 Å². The molecule has 0 bridgehead atoms. The highest BCUT2D eigenvalue weighted by molar-refractivity contribution is 6.21. The molecule has 2 aromatic carbocycles. The van der Waals surface area contributed by atoms with Crippen LogP contribution < -0.4 is 0 Å². The van der Waals surface area contributed by atoms with E-state index in [4.69, 9.17) is 4.74 Å². The van der Waals surface area contributed by atoms with Gasteiger partial charge >= 0.3 is 6.09 Å². The minimum atomic E-state index is -0.799. The molecule has 0 unspecified atom stereocenters. The Labute approximate surface area is 189 Å². The molecule has 1 aromatic heterocycles. The second kappa shape index (κ2) is 7.84. The molecule has 169 valence electrons. The first-order valence-electron chi connectivity index (χ1n) is 10.3. The first-order valence-corrected chi connectivity index (χ1v) is 10.3. The van der Waals surface area contributed by atoms with Crippen LogP contribution in [0.3, 0.4) is 0 Å². The number of ether oxygens (including phenoxy) is 1. The molecular formula is C24H22N3O6. The van der Waals surface area contributed by atoms with E-state index in [0.717, 1.165) is 9.47 Å². The van der Waals surface area contributed by atoms with E-state index in [1.165, 1.54) is 6.07 Å². The highest BCUT2D eigenvalue weighted by Crippen LogP contribution is 2.33. The molecule has 0 fully saturated rings. The van der Waals surface area contributed by atoms with Crippen molar-refractivity contribution in [3.05, 3.63) is 81.9 Å². The maximum atomic E-state index is 12.9. The SMILES string of the molecule is [CH2]Cc1cc2cc(CN3C(=O)c4ccccc4C3=O)cc([N+](=O)[O-])c2n1C(=O)OC(C)(C)C. The average molecular weight is 448 g/mol. The van der Waals surface area contributed by atoms with Crippen molar-refractivity contribution in [1.29, 1.82) is 0 Å². The lowest BCUT2D eigenvalue weighted by Gasteiger charge is -2.20. The first kappa shape index (κ1) is 22.2. The van der Waals surface area contributed by atoms with Crippen LogP contribution in [0.5, 0.6) is 0 Å². The number of carbonyl (C=O) groups excluding carboxylic acids is 3. The molecule has 1 radical (unpaired) electrons. The van der Waals surface area contributed by atoms with Gasteiger partial charge in [-0.3, -0.25) is 24.6 Å². The molecule has 1 aliphatic heterocycles. The fourth-order valence-electron chi connectivity index (χ4n) is 3.94. The molecule has 2 heterocycles. The monoisotopic (exact) mass is 448 g/mol. The van der Waals surface area contributed by atoms with E-state index in [2.05, 4.69) is 6.92 Å². The Morgan fingerprint density at radius 3 is 2.21 bits per heavy atom. The number of nitrogens with zero attached hydrogens (tertiary/aromatic N) is 3. The van der Waals surface area contributed by atoms with E-state index in [9.17, 15) is 24.5 Å². The molecule has 9 nitrogen and oxygen atoms in total. The molecule has 0 saturated carbocycles. The van der Waals surface area contributed by atoms with Gasteiger partial charge in [-0.1, -0.05) is 12.1 Å². The van der Waals surface area contributed by atoms with Crippen molar-refractivity contribution in [2.75, 3.05) is 0 Å². The quantitative estimate of drug-likeness (QED) is 0.330. The maximum Gasteiger partial charge on any atom is 0.419 e.